The zero-order valence-corrected chi connectivity index (χ0v) is 11.4. The largest absolute Gasteiger partial charge is 0.341 e. The van der Waals surface area contributed by atoms with Gasteiger partial charge in [-0.25, -0.2) is 4.39 Å². The van der Waals surface area contributed by atoms with Gasteiger partial charge in [0.2, 0.25) is 5.91 Å². The van der Waals surface area contributed by atoms with Crippen LogP contribution in [0.25, 0.3) is 0 Å². The number of carbonyl (C=O) groups excluding carboxylic acids is 1. The molecule has 18 heavy (non-hydrogen) atoms. The Morgan fingerprint density at radius 3 is 2.72 bits per heavy atom. The fraction of sp³-hybridized carbons (Fsp3) is 0.643. The SMILES string of the molecule is CC.NC1CCCN(CC/C=C\C=C/CF)C1=O. The van der Waals surface area contributed by atoms with E-state index in [1.165, 1.54) is 6.08 Å². The molecule has 0 spiro atoms. The Morgan fingerprint density at radius 2 is 2.06 bits per heavy atom. The van der Waals surface area contributed by atoms with Crippen LogP contribution in [0, 0.1) is 0 Å². The van der Waals surface area contributed by atoms with Crippen molar-refractivity contribution in [3.05, 3.63) is 24.3 Å². The summed E-state index contributed by atoms with van der Waals surface area (Å²) in [6.45, 7) is 5.07. The molecule has 1 atom stereocenters. The molecule has 0 aliphatic carbocycles. The van der Waals surface area contributed by atoms with Crippen molar-refractivity contribution in [1.29, 1.82) is 0 Å². The zero-order chi connectivity index (χ0) is 13.8. The highest BCUT2D eigenvalue weighted by atomic mass is 19.1. The third-order valence-corrected chi connectivity index (χ3v) is 2.61. The van der Waals surface area contributed by atoms with E-state index >= 15 is 0 Å². The molecule has 1 aliphatic heterocycles. The Bertz CT molecular complexity index is 277. The predicted octanol–water partition coefficient (Wildman–Crippen LogP) is 2.43. The monoisotopic (exact) mass is 256 g/mol. The highest BCUT2D eigenvalue weighted by Gasteiger charge is 2.24. The average Bonchev–Trinajstić information content (AvgIpc) is 2.41. The fourth-order valence-electron chi connectivity index (χ4n) is 1.73. The maximum absolute atomic E-state index is 11.7. The molecule has 1 fully saturated rings. The van der Waals surface area contributed by atoms with Gasteiger partial charge in [-0.3, -0.25) is 4.79 Å². The fourth-order valence-corrected chi connectivity index (χ4v) is 1.73. The molecule has 2 N–H and O–H groups in total. The van der Waals surface area contributed by atoms with Crippen molar-refractivity contribution >= 4 is 5.91 Å². The molecule has 0 bridgehead atoms. The summed E-state index contributed by atoms with van der Waals surface area (Å²) in [5, 5.41) is 0. The van der Waals surface area contributed by atoms with Crippen LogP contribution in [0.2, 0.25) is 0 Å². The maximum atomic E-state index is 11.7. The highest BCUT2D eigenvalue weighted by Crippen LogP contribution is 2.10. The molecule has 1 unspecified atom stereocenters. The third kappa shape index (κ3) is 6.55. The number of alkyl halides is 1. The minimum absolute atomic E-state index is 0.0546. The number of likely N-dealkylation sites (tertiary alicyclic amines) is 1. The van der Waals surface area contributed by atoms with Crippen LogP contribution >= 0.6 is 0 Å². The Labute approximate surface area is 110 Å². The summed E-state index contributed by atoms with van der Waals surface area (Å²) in [6, 6.07) is -0.316. The number of halogens is 1. The average molecular weight is 256 g/mol. The molecule has 104 valence electrons. The molecule has 0 aromatic heterocycles. The van der Waals surface area contributed by atoms with Crippen LogP contribution in [0.5, 0.6) is 0 Å². The van der Waals surface area contributed by atoms with Crippen molar-refractivity contribution < 1.29 is 9.18 Å². The molecular formula is C14H25FN2O. The molecule has 0 aromatic rings. The van der Waals surface area contributed by atoms with Crippen LogP contribution in [0.15, 0.2) is 24.3 Å². The number of nitrogens with zero attached hydrogens (tertiary/aromatic N) is 1. The van der Waals surface area contributed by atoms with E-state index in [1.54, 1.807) is 17.1 Å². The van der Waals surface area contributed by atoms with E-state index in [2.05, 4.69) is 0 Å². The molecule has 1 rings (SSSR count). The molecule has 1 saturated heterocycles. The first-order valence-electron chi connectivity index (χ1n) is 6.67. The van der Waals surface area contributed by atoms with Gasteiger partial charge in [-0.1, -0.05) is 38.2 Å². The summed E-state index contributed by atoms with van der Waals surface area (Å²) in [5.74, 6) is 0.0546. The number of piperidine rings is 1. The van der Waals surface area contributed by atoms with Crippen molar-refractivity contribution in [1.82, 2.24) is 4.90 Å². The number of amides is 1. The van der Waals surface area contributed by atoms with Gasteiger partial charge in [-0.2, -0.15) is 0 Å². The second-order valence-corrected chi connectivity index (χ2v) is 3.87. The summed E-state index contributed by atoms with van der Waals surface area (Å²) >= 11 is 0. The third-order valence-electron chi connectivity index (χ3n) is 2.61. The first kappa shape index (κ1) is 16.8. The molecule has 4 heteroatoms. The Balaban J connectivity index is 0.00000137. The first-order chi connectivity index (χ1) is 8.75. The lowest BCUT2D eigenvalue weighted by Crippen LogP contribution is -2.48. The van der Waals surface area contributed by atoms with Gasteiger partial charge in [-0.15, -0.1) is 0 Å². The van der Waals surface area contributed by atoms with Crippen molar-refractivity contribution in [2.75, 3.05) is 19.8 Å². The van der Waals surface area contributed by atoms with Gasteiger partial charge >= 0.3 is 0 Å². The Hall–Kier alpha value is -1.16. The molecule has 0 aromatic carbocycles. The Morgan fingerprint density at radius 1 is 1.39 bits per heavy atom. The number of carbonyl (C=O) groups is 1. The summed E-state index contributed by atoms with van der Waals surface area (Å²) in [6.07, 6.45) is 9.41. The van der Waals surface area contributed by atoms with Gasteiger partial charge in [0, 0.05) is 13.1 Å². The van der Waals surface area contributed by atoms with Crippen LogP contribution in [0.4, 0.5) is 4.39 Å². The van der Waals surface area contributed by atoms with E-state index in [0.29, 0.717) is 6.54 Å². The summed E-state index contributed by atoms with van der Waals surface area (Å²) < 4.78 is 11.7. The van der Waals surface area contributed by atoms with Gasteiger partial charge in [-0.05, 0) is 19.3 Å². The van der Waals surface area contributed by atoms with Crippen LogP contribution in [0.1, 0.15) is 33.1 Å². The van der Waals surface area contributed by atoms with E-state index in [0.717, 1.165) is 25.8 Å². The van der Waals surface area contributed by atoms with Gasteiger partial charge in [0.25, 0.3) is 0 Å². The van der Waals surface area contributed by atoms with Crippen molar-refractivity contribution in [3.8, 4) is 0 Å². The van der Waals surface area contributed by atoms with Crippen molar-refractivity contribution in [3.63, 3.8) is 0 Å². The van der Waals surface area contributed by atoms with Crippen LogP contribution in [-0.4, -0.2) is 36.6 Å². The van der Waals surface area contributed by atoms with E-state index in [4.69, 9.17) is 5.73 Å². The number of allylic oxidation sites excluding steroid dienone is 3. The second-order valence-electron chi connectivity index (χ2n) is 3.87. The highest BCUT2D eigenvalue weighted by molar-refractivity contribution is 5.82. The summed E-state index contributed by atoms with van der Waals surface area (Å²) in [4.78, 5) is 13.4. The normalized spacial score (nSPS) is 20.3. The van der Waals surface area contributed by atoms with Gasteiger partial charge in [0.1, 0.15) is 6.67 Å². The van der Waals surface area contributed by atoms with Crippen LogP contribution in [-0.2, 0) is 4.79 Å². The lowest BCUT2D eigenvalue weighted by Gasteiger charge is -2.30. The minimum Gasteiger partial charge on any atom is -0.341 e. The number of rotatable bonds is 5. The molecule has 1 amide bonds. The van der Waals surface area contributed by atoms with E-state index in [-0.39, 0.29) is 11.9 Å². The molecule has 3 nitrogen and oxygen atoms in total. The molecule has 0 radical (unpaired) electrons. The number of hydrogen-bond acceptors (Lipinski definition) is 2. The zero-order valence-electron chi connectivity index (χ0n) is 11.4. The quantitative estimate of drug-likeness (QED) is 0.768. The van der Waals surface area contributed by atoms with Gasteiger partial charge in [0.15, 0.2) is 0 Å². The molecule has 1 heterocycles. The van der Waals surface area contributed by atoms with Crippen LogP contribution < -0.4 is 5.73 Å². The van der Waals surface area contributed by atoms with E-state index < -0.39 is 6.67 Å². The second kappa shape index (κ2) is 11.0. The lowest BCUT2D eigenvalue weighted by molar-refractivity contribution is -0.134. The number of nitrogens with two attached hydrogens (primary N) is 1. The Kier molecular flexibility index (Phi) is 10.3. The van der Waals surface area contributed by atoms with E-state index in [9.17, 15) is 9.18 Å². The summed E-state index contributed by atoms with van der Waals surface area (Å²) in [5.41, 5.74) is 5.68. The predicted molar refractivity (Wildman–Crippen MR) is 74.0 cm³/mol. The topological polar surface area (TPSA) is 46.3 Å². The molecular weight excluding hydrogens is 231 g/mol. The maximum Gasteiger partial charge on any atom is 0.239 e. The van der Waals surface area contributed by atoms with Crippen molar-refractivity contribution in [2.45, 2.75) is 39.2 Å². The van der Waals surface area contributed by atoms with Gasteiger partial charge < -0.3 is 10.6 Å². The van der Waals surface area contributed by atoms with Crippen molar-refractivity contribution in [2.24, 2.45) is 5.73 Å². The van der Waals surface area contributed by atoms with Gasteiger partial charge in [0.05, 0.1) is 6.04 Å². The van der Waals surface area contributed by atoms with Crippen LogP contribution in [0.3, 0.4) is 0 Å². The lowest BCUT2D eigenvalue weighted by atomic mass is 10.1. The standard InChI is InChI=1S/C12H19FN2O.C2H6/c13-8-4-2-1-3-5-9-15-10-6-7-11(14)12(15)16;1-2/h1-4,11H,5-10,14H2;1-2H3/b3-1-,4-2-;. The first-order valence-corrected chi connectivity index (χ1v) is 6.67. The summed E-state index contributed by atoms with van der Waals surface area (Å²) in [7, 11) is 0. The smallest absolute Gasteiger partial charge is 0.239 e. The van der Waals surface area contributed by atoms with E-state index in [1.807, 2.05) is 19.9 Å². The number of hydrogen-bond donors (Lipinski definition) is 1. The molecule has 1 aliphatic rings. The minimum atomic E-state index is -0.441. The molecule has 0 saturated carbocycles.